The third-order valence-electron chi connectivity index (χ3n) is 3.59. The Hall–Kier alpha value is -2.04. The molecule has 2 unspecified atom stereocenters. The van der Waals surface area contributed by atoms with Crippen molar-refractivity contribution >= 4 is 11.9 Å². The number of nitrogens with one attached hydrogen (secondary N) is 1. The highest BCUT2D eigenvalue weighted by Gasteiger charge is 2.34. The molecular formula is C15H21NO4. The fraction of sp³-hybridized carbons (Fsp3) is 0.467. The summed E-state index contributed by atoms with van der Waals surface area (Å²) < 4.78 is 5.06. The van der Waals surface area contributed by atoms with Crippen molar-refractivity contribution in [2.24, 2.45) is 0 Å². The number of hydrogen-bond acceptors (Lipinski definition) is 3. The van der Waals surface area contributed by atoms with Crippen molar-refractivity contribution in [2.75, 3.05) is 7.11 Å². The first-order valence-electron chi connectivity index (χ1n) is 6.53. The molecule has 1 aromatic carbocycles. The van der Waals surface area contributed by atoms with Gasteiger partial charge in [-0.15, -0.1) is 0 Å². The van der Waals surface area contributed by atoms with Crippen LogP contribution in [0.3, 0.4) is 0 Å². The van der Waals surface area contributed by atoms with Gasteiger partial charge in [0.2, 0.25) is 5.91 Å². The van der Waals surface area contributed by atoms with E-state index in [0.29, 0.717) is 12.2 Å². The SMILES string of the molecule is CCC(C)(NC(=O)C(C)c1ccc(OC)cc1)C(=O)O. The second kappa shape index (κ2) is 6.41. The summed E-state index contributed by atoms with van der Waals surface area (Å²) in [4.78, 5) is 23.4. The predicted molar refractivity (Wildman–Crippen MR) is 75.9 cm³/mol. The lowest BCUT2D eigenvalue weighted by molar-refractivity contribution is -0.147. The Morgan fingerprint density at radius 1 is 1.35 bits per heavy atom. The summed E-state index contributed by atoms with van der Waals surface area (Å²) in [6.07, 6.45) is 0.323. The van der Waals surface area contributed by atoms with Gasteiger partial charge in [-0.25, -0.2) is 4.79 Å². The fourth-order valence-electron chi connectivity index (χ4n) is 1.72. The van der Waals surface area contributed by atoms with Gasteiger partial charge in [0, 0.05) is 0 Å². The van der Waals surface area contributed by atoms with E-state index >= 15 is 0 Å². The van der Waals surface area contributed by atoms with Crippen molar-refractivity contribution in [2.45, 2.75) is 38.6 Å². The molecule has 0 spiro atoms. The number of carboxylic acid groups (broad SMARTS) is 1. The Morgan fingerprint density at radius 2 is 1.90 bits per heavy atom. The van der Waals surface area contributed by atoms with Gasteiger partial charge < -0.3 is 15.2 Å². The third kappa shape index (κ3) is 3.50. The van der Waals surface area contributed by atoms with Crippen LogP contribution in [-0.4, -0.2) is 29.6 Å². The third-order valence-corrected chi connectivity index (χ3v) is 3.59. The van der Waals surface area contributed by atoms with Crippen molar-refractivity contribution < 1.29 is 19.4 Å². The molecule has 110 valence electrons. The van der Waals surface area contributed by atoms with Crippen LogP contribution in [0.1, 0.15) is 38.7 Å². The number of aliphatic carboxylic acids is 1. The Morgan fingerprint density at radius 3 is 2.30 bits per heavy atom. The highest BCUT2D eigenvalue weighted by Crippen LogP contribution is 2.21. The minimum absolute atomic E-state index is 0.304. The molecular weight excluding hydrogens is 258 g/mol. The van der Waals surface area contributed by atoms with Gasteiger partial charge in [-0.2, -0.15) is 0 Å². The summed E-state index contributed by atoms with van der Waals surface area (Å²) in [5, 5.41) is 11.8. The highest BCUT2D eigenvalue weighted by atomic mass is 16.5. The van der Waals surface area contributed by atoms with Crippen LogP contribution in [0.2, 0.25) is 0 Å². The minimum atomic E-state index is -1.24. The van der Waals surface area contributed by atoms with Gasteiger partial charge in [0.25, 0.3) is 0 Å². The number of amides is 1. The van der Waals surface area contributed by atoms with Gasteiger partial charge >= 0.3 is 5.97 Å². The van der Waals surface area contributed by atoms with Crippen molar-refractivity contribution in [1.29, 1.82) is 0 Å². The van der Waals surface area contributed by atoms with E-state index < -0.39 is 17.4 Å². The van der Waals surface area contributed by atoms with E-state index in [1.54, 1.807) is 45.2 Å². The summed E-state index contributed by atoms with van der Waals surface area (Å²) in [7, 11) is 1.57. The number of carbonyl (C=O) groups is 2. The Bertz CT molecular complexity index is 483. The Balaban J connectivity index is 2.83. The number of methoxy groups -OCH3 is 1. The van der Waals surface area contributed by atoms with E-state index in [-0.39, 0.29) is 5.91 Å². The summed E-state index contributed by atoms with van der Waals surface area (Å²) in [6.45, 7) is 4.98. The lowest BCUT2D eigenvalue weighted by Gasteiger charge is -2.26. The molecule has 5 heteroatoms. The molecule has 1 amide bonds. The molecule has 0 radical (unpaired) electrons. The van der Waals surface area contributed by atoms with Crippen LogP contribution in [0.25, 0.3) is 0 Å². The second-order valence-corrected chi connectivity index (χ2v) is 4.97. The highest BCUT2D eigenvalue weighted by molar-refractivity contribution is 5.90. The quantitative estimate of drug-likeness (QED) is 0.836. The first-order valence-corrected chi connectivity index (χ1v) is 6.53. The first-order chi connectivity index (χ1) is 9.34. The normalized spacial score (nSPS) is 15.0. The molecule has 0 aliphatic carbocycles. The maximum Gasteiger partial charge on any atom is 0.329 e. The molecule has 0 fully saturated rings. The lowest BCUT2D eigenvalue weighted by atomic mass is 9.95. The maximum absolute atomic E-state index is 12.2. The second-order valence-electron chi connectivity index (χ2n) is 4.97. The Labute approximate surface area is 118 Å². The first kappa shape index (κ1) is 16.0. The van der Waals surface area contributed by atoms with Crippen molar-refractivity contribution in [1.82, 2.24) is 5.32 Å². The van der Waals surface area contributed by atoms with Gasteiger partial charge in [-0.05, 0) is 38.0 Å². The van der Waals surface area contributed by atoms with E-state index in [2.05, 4.69) is 5.32 Å². The number of hydrogen-bond donors (Lipinski definition) is 2. The molecule has 1 aromatic rings. The van der Waals surface area contributed by atoms with Gasteiger partial charge in [-0.1, -0.05) is 19.1 Å². The van der Waals surface area contributed by atoms with Crippen molar-refractivity contribution in [3.63, 3.8) is 0 Å². The number of rotatable bonds is 6. The molecule has 0 bridgehead atoms. The average Bonchev–Trinajstić information content (AvgIpc) is 2.46. The predicted octanol–water partition coefficient (Wildman–Crippen LogP) is 2.17. The van der Waals surface area contributed by atoms with Crippen LogP contribution in [0.5, 0.6) is 5.75 Å². The van der Waals surface area contributed by atoms with E-state index in [0.717, 1.165) is 5.56 Å². The molecule has 0 heterocycles. The zero-order valence-corrected chi connectivity index (χ0v) is 12.3. The van der Waals surface area contributed by atoms with Gasteiger partial charge in [-0.3, -0.25) is 4.79 Å². The molecule has 0 saturated carbocycles. The molecule has 5 nitrogen and oxygen atoms in total. The monoisotopic (exact) mass is 279 g/mol. The van der Waals surface area contributed by atoms with E-state index in [4.69, 9.17) is 4.74 Å². The van der Waals surface area contributed by atoms with Gasteiger partial charge in [0.1, 0.15) is 11.3 Å². The van der Waals surface area contributed by atoms with E-state index in [9.17, 15) is 14.7 Å². The van der Waals surface area contributed by atoms with Crippen molar-refractivity contribution in [3.8, 4) is 5.75 Å². The van der Waals surface area contributed by atoms with Crippen molar-refractivity contribution in [3.05, 3.63) is 29.8 Å². The summed E-state index contributed by atoms with van der Waals surface area (Å²) in [6, 6.07) is 7.14. The number of carbonyl (C=O) groups excluding carboxylic acids is 1. The fourth-order valence-corrected chi connectivity index (χ4v) is 1.72. The van der Waals surface area contributed by atoms with Crippen LogP contribution in [0.15, 0.2) is 24.3 Å². The largest absolute Gasteiger partial charge is 0.497 e. The zero-order valence-electron chi connectivity index (χ0n) is 12.3. The maximum atomic E-state index is 12.2. The Kier molecular flexibility index (Phi) is 5.13. The standard InChI is InChI=1S/C15H21NO4/c1-5-15(3,14(18)19)16-13(17)10(2)11-6-8-12(20-4)9-7-11/h6-10H,5H2,1-4H3,(H,16,17)(H,18,19). The molecule has 0 aliphatic heterocycles. The van der Waals surface area contributed by atoms with Gasteiger partial charge in [0.15, 0.2) is 0 Å². The molecule has 20 heavy (non-hydrogen) atoms. The van der Waals surface area contributed by atoms with Crippen LogP contribution >= 0.6 is 0 Å². The van der Waals surface area contributed by atoms with Gasteiger partial charge in [0.05, 0.1) is 13.0 Å². The van der Waals surface area contributed by atoms with Crippen LogP contribution in [-0.2, 0) is 9.59 Å². The van der Waals surface area contributed by atoms with E-state index in [1.165, 1.54) is 6.92 Å². The molecule has 2 N–H and O–H groups in total. The van der Waals surface area contributed by atoms with Crippen LogP contribution < -0.4 is 10.1 Å². The summed E-state index contributed by atoms with van der Waals surface area (Å²) >= 11 is 0. The lowest BCUT2D eigenvalue weighted by Crippen LogP contribution is -2.52. The topological polar surface area (TPSA) is 75.6 Å². The number of benzene rings is 1. The van der Waals surface area contributed by atoms with E-state index in [1.807, 2.05) is 0 Å². The molecule has 0 saturated heterocycles. The molecule has 2 atom stereocenters. The zero-order chi connectivity index (χ0) is 15.3. The average molecular weight is 279 g/mol. The molecule has 0 aliphatic rings. The number of carboxylic acids is 1. The smallest absolute Gasteiger partial charge is 0.329 e. The molecule has 1 rings (SSSR count). The van der Waals surface area contributed by atoms with Crippen LogP contribution in [0, 0.1) is 0 Å². The summed E-state index contributed by atoms with van der Waals surface area (Å²) in [5.41, 5.74) is -0.426. The minimum Gasteiger partial charge on any atom is -0.497 e. The number of ether oxygens (including phenoxy) is 1. The molecule has 0 aromatic heterocycles. The van der Waals surface area contributed by atoms with Crippen LogP contribution in [0.4, 0.5) is 0 Å². The summed E-state index contributed by atoms with van der Waals surface area (Å²) in [5.74, 6) is -1.05.